The quantitative estimate of drug-likeness (QED) is 0.497. The Morgan fingerprint density at radius 2 is 2.38 bits per heavy atom. The van der Waals surface area contributed by atoms with Gasteiger partial charge in [-0.15, -0.1) is 0 Å². The van der Waals surface area contributed by atoms with Crippen molar-refractivity contribution in [2.24, 2.45) is 0 Å². The molecule has 1 rings (SSSR count). The van der Waals surface area contributed by atoms with E-state index in [1.165, 1.54) is 0 Å². The van der Waals surface area contributed by atoms with E-state index in [0.717, 1.165) is 32.3 Å². The van der Waals surface area contributed by atoms with E-state index in [9.17, 15) is 4.79 Å². The zero-order valence-electron chi connectivity index (χ0n) is 8.25. The van der Waals surface area contributed by atoms with Gasteiger partial charge in [0.1, 0.15) is 6.10 Å². The van der Waals surface area contributed by atoms with E-state index in [0.29, 0.717) is 13.0 Å². The van der Waals surface area contributed by atoms with E-state index in [-0.39, 0.29) is 12.1 Å². The average Bonchev–Trinajstić information content (AvgIpc) is 2.31. The molecule has 76 valence electrons. The minimum atomic E-state index is -0.0426. The molecule has 0 aromatic carbocycles. The maximum Gasteiger partial charge on any atom is 0.306 e. The molecule has 3 nitrogen and oxygen atoms in total. The van der Waals surface area contributed by atoms with Crippen LogP contribution in [-0.2, 0) is 14.3 Å². The van der Waals surface area contributed by atoms with Crippen molar-refractivity contribution in [3.8, 4) is 0 Å². The monoisotopic (exact) mass is 186 g/mol. The van der Waals surface area contributed by atoms with Crippen molar-refractivity contribution in [2.45, 2.75) is 45.1 Å². The van der Waals surface area contributed by atoms with Crippen LogP contribution >= 0.6 is 0 Å². The summed E-state index contributed by atoms with van der Waals surface area (Å²) in [5.41, 5.74) is 0. The number of hydrogen-bond acceptors (Lipinski definition) is 3. The number of esters is 1. The molecule has 3 heteroatoms. The fourth-order valence-corrected chi connectivity index (χ4v) is 1.51. The van der Waals surface area contributed by atoms with Gasteiger partial charge in [0, 0.05) is 19.4 Å². The third kappa shape index (κ3) is 4.27. The highest BCUT2D eigenvalue weighted by Gasteiger charge is 2.17. The van der Waals surface area contributed by atoms with Gasteiger partial charge in [-0.05, 0) is 26.2 Å². The predicted octanol–water partition coefficient (Wildman–Crippen LogP) is 1.90. The van der Waals surface area contributed by atoms with E-state index in [4.69, 9.17) is 9.47 Å². The molecule has 1 fully saturated rings. The smallest absolute Gasteiger partial charge is 0.306 e. The lowest BCUT2D eigenvalue weighted by Crippen LogP contribution is -2.17. The summed E-state index contributed by atoms with van der Waals surface area (Å²) < 4.78 is 10.5. The van der Waals surface area contributed by atoms with Crippen molar-refractivity contribution in [3.05, 3.63) is 0 Å². The van der Waals surface area contributed by atoms with Gasteiger partial charge in [-0.1, -0.05) is 0 Å². The van der Waals surface area contributed by atoms with Gasteiger partial charge in [-0.25, -0.2) is 0 Å². The van der Waals surface area contributed by atoms with Crippen LogP contribution < -0.4 is 0 Å². The van der Waals surface area contributed by atoms with Crippen molar-refractivity contribution >= 4 is 5.97 Å². The Kier molecular flexibility index (Phi) is 4.83. The fourth-order valence-electron chi connectivity index (χ4n) is 1.51. The first kappa shape index (κ1) is 10.5. The largest absolute Gasteiger partial charge is 0.462 e. The van der Waals surface area contributed by atoms with Gasteiger partial charge in [0.2, 0.25) is 0 Å². The molecule has 1 saturated heterocycles. The van der Waals surface area contributed by atoms with Crippen LogP contribution in [0.15, 0.2) is 0 Å². The molecule has 1 atom stereocenters. The predicted molar refractivity (Wildman–Crippen MR) is 49.5 cm³/mol. The summed E-state index contributed by atoms with van der Waals surface area (Å²) in [4.78, 5) is 11.1. The molecule has 0 spiro atoms. The lowest BCUT2D eigenvalue weighted by atomic mass is 10.1. The molecule has 1 aliphatic rings. The molecular formula is C10H18O3. The highest BCUT2D eigenvalue weighted by atomic mass is 16.5. The van der Waals surface area contributed by atoms with Gasteiger partial charge < -0.3 is 9.47 Å². The van der Waals surface area contributed by atoms with Crippen molar-refractivity contribution < 1.29 is 14.3 Å². The molecule has 1 heterocycles. The third-order valence-electron chi connectivity index (χ3n) is 2.24. The summed E-state index contributed by atoms with van der Waals surface area (Å²) >= 11 is 0. The van der Waals surface area contributed by atoms with Crippen molar-refractivity contribution in [1.29, 1.82) is 0 Å². The maximum atomic E-state index is 11.1. The van der Waals surface area contributed by atoms with Crippen LogP contribution in [0.2, 0.25) is 0 Å². The van der Waals surface area contributed by atoms with Crippen LogP contribution in [0.1, 0.15) is 39.0 Å². The molecule has 0 aromatic heterocycles. The molecule has 0 aliphatic carbocycles. The van der Waals surface area contributed by atoms with E-state index in [1.54, 1.807) is 0 Å². The number of carbonyl (C=O) groups excluding carboxylic acids is 1. The standard InChI is InChI=1S/C10H18O3/c1-2-12-8-7-9-5-3-4-6-10(11)13-9/h9H,2-8H2,1H3/t9-/m1/s1. The second-order valence-electron chi connectivity index (χ2n) is 3.34. The van der Waals surface area contributed by atoms with Gasteiger partial charge in [0.25, 0.3) is 0 Å². The number of ether oxygens (including phenoxy) is 2. The molecule has 0 amide bonds. The number of hydrogen-bond donors (Lipinski definition) is 0. The van der Waals surface area contributed by atoms with Crippen LogP contribution in [0.5, 0.6) is 0 Å². The number of cyclic esters (lactones) is 1. The lowest BCUT2D eigenvalue weighted by molar-refractivity contribution is -0.148. The van der Waals surface area contributed by atoms with Gasteiger partial charge >= 0.3 is 5.97 Å². The van der Waals surface area contributed by atoms with Gasteiger partial charge in [-0.2, -0.15) is 0 Å². The zero-order valence-corrected chi connectivity index (χ0v) is 8.25. The van der Waals surface area contributed by atoms with Crippen molar-refractivity contribution in [1.82, 2.24) is 0 Å². The average molecular weight is 186 g/mol. The van der Waals surface area contributed by atoms with Crippen LogP contribution in [0.4, 0.5) is 0 Å². The Balaban J connectivity index is 2.19. The highest BCUT2D eigenvalue weighted by molar-refractivity contribution is 5.69. The molecule has 0 aromatic rings. The summed E-state index contributed by atoms with van der Waals surface area (Å²) in [6.07, 6.45) is 4.61. The summed E-state index contributed by atoms with van der Waals surface area (Å²) in [6, 6.07) is 0. The normalized spacial score (nSPS) is 23.8. The van der Waals surface area contributed by atoms with E-state index in [1.807, 2.05) is 6.92 Å². The number of carbonyl (C=O) groups is 1. The van der Waals surface area contributed by atoms with Gasteiger partial charge in [-0.3, -0.25) is 4.79 Å². The zero-order chi connectivity index (χ0) is 9.52. The molecule has 0 N–H and O–H groups in total. The minimum absolute atomic E-state index is 0.0426. The maximum absolute atomic E-state index is 11.1. The lowest BCUT2D eigenvalue weighted by Gasteiger charge is -2.14. The van der Waals surface area contributed by atoms with Crippen LogP contribution in [0.3, 0.4) is 0 Å². The molecule has 0 bridgehead atoms. The molecule has 0 saturated carbocycles. The number of rotatable bonds is 4. The Labute approximate surface area is 79.4 Å². The molecular weight excluding hydrogens is 168 g/mol. The second-order valence-corrected chi connectivity index (χ2v) is 3.34. The summed E-state index contributed by atoms with van der Waals surface area (Å²) in [5, 5.41) is 0. The first-order chi connectivity index (χ1) is 6.33. The molecule has 13 heavy (non-hydrogen) atoms. The van der Waals surface area contributed by atoms with E-state index in [2.05, 4.69) is 0 Å². The van der Waals surface area contributed by atoms with Gasteiger partial charge in [0.15, 0.2) is 0 Å². The Morgan fingerprint density at radius 1 is 1.54 bits per heavy atom. The SMILES string of the molecule is CCOCC[C@H]1CCCCC(=O)O1. The summed E-state index contributed by atoms with van der Waals surface area (Å²) in [6.45, 7) is 3.41. The summed E-state index contributed by atoms with van der Waals surface area (Å²) in [5.74, 6) is -0.0426. The van der Waals surface area contributed by atoms with E-state index >= 15 is 0 Å². The van der Waals surface area contributed by atoms with Crippen LogP contribution in [-0.4, -0.2) is 25.3 Å². The van der Waals surface area contributed by atoms with Crippen LogP contribution in [0.25, 0.3) is 0 Å². The Hall–Kier alpha value is -0.570. The highest BCUT2D eigenvalue weighted by Crippen LogP contribution is 2.16. The Morgan fingerprint density at radius 3 is 3.15 bits per heavy atom. The van der Waals surface area contributed by atoms with E-state index < -0.39 is 0 Å². The first-order valence-corrected chi connectivity index (χ1v) is 5.10. The first-order valence-electron chi connectivity index (χ1n) is 5.10. The third-order valence-corrected chi connectivity index (χ3v) is 2.24. The summed E-state index contributed by atoms with van der Waals surface area (Å²) in [7, 11) is 0. The second kappa shape index (κ2) is 5.97. The minimum Gasteiger partial charge on any atom is -0.462 e. The molecule has 0 unspecified atom stereocenters. The molecule has 0 radical (unpaired) electrons. The van der Waals surface area contributed by atoms with Crippen molar-refractivity contribution in [3.63, 3.8) is 0 Å². The fraction of sp³-hybridized carbons (Fsp3) is 0.900. The van der Waals surface area contributed by atoms with Crippen LogP contribution in [0, 0.1) is 0 Å². The molecule has 1 aliphatic heterocycles. The topological polar surface area (TPSA) is 35.5 Å². The van der Waals surface area contributed by atoms with Gasteiger partial charge in [0.05, 0.1) is 6.61 Å². The van der Waals surface area contributed by atoms with Crippen molar-refractivity contribution in [2.75, 3.05) is 13.2 Å². The Bertz CT molecular complexity index is 156.